The summed E-state index contributed by atoms with van der Waals surface area (Å²) in [6.45, 7) is 10.7. The second kappa shape index (κ2) is 6.60. The van der Waals surface area contributed by atoms with Crippen molar-refractivity contribution < 1.29 is 8.81 Å². The summed E-state index contributed by atoms with van der Waals surface area (Å²) in [5.41, 5.74) is 3.66. The van der Waals surface area contributed by atoms with E-state index in [1.165, 1.54) is 6.07 Å². The number of oxazole rings is 1. The highest BCUT2D eigenvalue weighted by Crippen LogP contribution is 2.32. The number of nitrogens with zero attached hydrogens (tertiary/aromatic N) is 4. The number of aryl methyl sites for hydroxylation is 2. The molecule has 3 heterocycles. The van der Waals surface area contributed by atoms with Crippen molar-refractivity contribution in [3.63, 3.8) is 0 Å². The predicted molar refractivity (Wildman–Crippen MR) is 101 cm³/mol. The summed E-state index contributed by atoms with van der Waals surface area (Å²) >= 11 is 0. The fourth-order valence-electron chi connectivity index (χ4n) is 3.88. The van der Waals surface area contributed by atoms with Crippen LogP contribution < -0.4 is 0 Å². The molecule has 0 radical (unpaired) electrons. The fourth-order valence-corrected chi connectivity index (χ4v) is 3.88. The first-order valence-electron chi connectivity index (χ1n) is 9.28. The van der Waals surface area contributed by atoms with E-state index in [-0.39, 0.29) is 11.2 Å². The Balaban J connectivity index is 1.68. The van der Waals surface area contributed by atoms with Gasteiger partial charge in [0.15, 0.2) is 0 Å². The van der Waals surface area contributed by atoms with Crippen LogP contribution >= 0.6 is 0 Å². The van der Waals surface area contributed by atoms with Gasteiger partial charge in [0.2, 0.25) is 5.89 Å². The Bertz CT molecular complexity index is 953. The Morgan fingerprint density at radius 1 is 1.22 bits per heavy atom. The first kappa shape index (κ1) is 17.9. The molecule has 142 valence electrons. The van der Waals surface area contributed by atoms with Gasteiger partial charge >= 0.3 is 0 Å². The summed E-state index contributed by atoms with van der Waals surface area (Å²) in [6, 6.07) is 6.79. The van der Waals surface area contributed by atoms with Gasteiger partial charge < -0.3 is 4.42 Å². The third-order valence-corrected chi connectivity index (χ3v) is 5.16. The zero-order chi connectivity index (χ0) is 19.2. The molecule has 4 rings (SSSR count). The summed E-state index contributed by atoms with van der Waals surface area (Å²) in [5, 5.41) is 4.51. The van der Waals surface area contributed by atoms with Crippen LogP contribution in [0.2, 0.25) is 0 Å². The SMILES string of the molecule is Cc1nc(CN2Cc3cnn(-c4ccccc4F)c3CC(C)(C)C2)oc1C. The largest absolute Gasteiger partial charge is 0.444 e. The Morgan fingerprint density at radius 2 is 2.00 bits per heavy atom. The van der Waals surface area contributed by atoms with E-state index >= 15 is 0 Å². The van der Waals surface area contributed by atoms with Crippen molar-refractivity contribution in [2.45, 2.75) is 47.2 Å². The average Bonchev–Trinajstić information content (AvgIpc) is 3.06. The Kier molecular flexibility index (Phi) is 4.38. The van der Waals surface area contributed by atoms with Crippen LogP contribution in [0.25, 0.3) is 5.69 Å². The fraction of sp³-hybridized carbons (Fsp3) is 0.429. The molecular formula is C21H25FN4O. The van der Waals surface area contributed by atoms with Gasteiger partial charge in [-0.15, -0.1) is 0 Å². The van der Waals surface area contributed by atoms with Crippen LogP contribution in [-0.4, -0.2) is 26.2 Å². The Morgan fingerprint density at radius 3 is 2.70 bits per heavy atom. The Hall–Kier alpha value is -2.47. The maximum absolute atomic E-state index is 14.3. The van der Waals surface area contributed by atoms with E-state index in [0.29, 0.717) is 12.2 Å². The van der Waals surface area contributed by atoms with E-state index in [2.05, 4.69) is 28.8 Å². The van der Waals surface area contributed by atoms with E-state index in [1.54, 1.807) is 16.8 Å². The summed E-state index contributed by atoms with van der Waals surface area (Å²) in [4.78, 5) is 6.86. The molecule has 0 bridgehead atoms. The minimum absolute atomic E-state index is 0.0188. The number of aromatic nitrogens is 3. The van der Waals surface area contributed by atoms with Gasteiger partial charge in [0, 0.05) is 24.3 Å². The minimum Gasteiger partial charge on any atom is -0.444 e. The molecule has 0 fully saturated rings. The van der Waals surface area contributed by atoms with Crippen LogP contribution in [0, 0.1) is 25.1 Å². The van der Waals surface area contributed by atoms with Crippen molar-refractivity contribution in [2.75, 3.05) is 6.54 Å². The number of halogens is 1. The third-order valence-electron chi connectivity index (χ3n) is 5.16. The van der Waals surface area contributed by atoms with Crippen molar-refractivity contribution in [3.8, 4) is 5.69 Å². The molecule has 1 aliphatic heterocycles. The summed E-state index contributed by atoms with van der Waals surface area (Å²) in [6.07, 6.45) is 2.69. The molecule has 1 aromatic carbocycles. The maximum atomic E-state index is 14.3. The summed E-state index contributed by atoms with van der Waals surface area (Å²) in [5.74, 6) is 1.35. The van der Waals surface area contributed by atoms with Crippen LogP contribution in [0.15, 0.2) is 34.9 Å². The zero-order valence-corrected chi connectivity index (χ0v) is 16.3. The van der Waals surface area contributed by atoms with Crippen molar-refractivity contribution >= 4 is 0 Å². The number of rotatable bonds is 3. The number of fused-ring (bicyclic) bond motifs is 1. The molecule has 0 aliphatic carbocycles. The number of hydrogen-bond donors (Lipinski definition) is 0. The van der Waals surface area contributed by atoms with Gasteiger partial charge in [0.05, 0.1) is 18.4 Å². The molecule has 0 spiro atoms. The quantitative estimate of drug-likeness (QED) is 0.695. The molecule has 0 amide bonds. The van der Waals surface area contributed by atoms with E-state index in [9.17, 15) is 4.39 Å². The number of para-hydroxylation sites is 1. The van der Waals surface area contributed by atoms with Gasteiger partial charge in [-0.1, -0.05) is 26.0 Å². The maximum Gasteiger partial charge on any atom is 0.208 e. The monoisotopic (exact) mass is 368 g/mol. The lowest BCUT2D eigenvalue weighted by atomic mass is 9.87. The second-order valence-corrected chi connectivity index (χ2v) is 8.22. The third kappa shape index (κ3) is 3.54. The van der Waals surface area contributed by atoms with E-state index < -0.39 is 0 Å². The molecule has 0 unspecified atom stereocenters. The van der Waals surface area contributed by atoms with Crippen molar-refractivity contribution in [1.29, 1.82) is 0 Å². The first-order chi connectivity index (χ1) is 12.8. The lowest BCUT2D eigenvalue weighted by Gasteiger charge is -2.28. The highest BCUT2D eigenvalue weighted by molar-refractivity contribution is 5.37. The second-order valence-electron chi connectivity index (χ2n) is 8.22. The van der Waals surface area contributed by atoms with Gasteiger partial charge in [-0.3, -0.25) is 4.90 Å². The van der Waals surface area contributed by atoms with Gasteiger partial charge in [-0.2, -0.15) is 5.10 Å². The van der Waals surface area contributed by atoms with Crippen LogP contribution in [-0.2, 0) is 19.5 Å². The van der Waals surface area contributed by atoms with Crippen LogP contribution in [0.3, 0.4) is 0 Å². The van der Waals surface area contributed by atoms with Crippen LogP contribution in [0.4, 0.5) is 4.39 Å². The number of hydrogen-bond acceptors (Lipinski definition) is 4. The molecule has 1 aliphatic rings. The highest BCUT2D eigenvalue weighted by Gasteiger charge is 2.31. The lowest BCUT2D eigenvalue weighted by molar-refractivity contribution is 0.159. The summed E-state index contributed by atoms with van der Waals surface area (Å²) < 4.78 is 21.9. The van der Waals surface area contributed by atoms with E-state index in [4.69, 9.17) is 4.42 Å². The van der Waals surface area contributed by atoms with Crippen molar-refractivity contribution in [2.24, 2.45) is 5.41 Å². The Labute approximate surface area is 158 Å². The molecule has 0 atom stereocenters. The molecule has 6 heteroatoms. The van der Waals surface area contributed by atoms with Gasteiger partial charge in [0.25, 0.3) is 0 Å². The average molecular weight is 368 g/mol. The first-order valence-corrected chi connectivity index (χ1v) is 9.28. The zero-order valence-electron chi connectivity index (χ0n) is 16.3. The van der Waals surface area contributed by atoms with Crippen LogP contribution in [0.5, 0.6) is 0 Å². The summed E-state index contributed by atoms with van der Waals surface area (Å²) in [7, 11) is 0. The molecule has 27 heavy (non-hydrogen) atoms. The molecule has 0 saturated heterocycles. The van der Waals surface area contributed by atoms with Gasteiger partial charge in [-0.25, -0.2) is 14.1 Å². The smallest absolute Gasteiger partial charge is 0.208 e. The molecule has 0 saturated carbocycles. The van der Waals surface area contributed by atoms with Crippen molar-refractivity contribution in [3.05, 3.63) is 64.9 Å². The molecule has 5 nitrogen and oxygen atoms in total. The molecule has 0 N–H and O–H groups in total. The van der Waals surface area contributed by atoms with E-state index in [1.807, 2.05) is 26.1 Å². The molecular weight excluding hydrogens is 343 g/mol. The minimum atomic E-state index is -0.256. The van der Waals surface area contributed by atoms with Gasteiger partial charge in [0.1, 0.15) is 17.3 Å². The molecule has 3 aromatic rings. The van der Waals surface area contributed by atoms with Gasteiger partial charge in [-0.05, 0) is 37.8 Å². The lowest BCUT2D eigenvalue weighted by Crippen LogP contribution is -2.32. The normalized spacial score (nSPS) is 16.9. The highest BCUT2D eigenvalue weighted by atomic mass is 19.1. The molecule has 2 aromatic heterocycles. The standard InChI is InChI=1S/C21H25FN4O/c1-14-15(2)27-20(24-14)12-25-11-16-10-23-26(18-8-6-5-7-17(18)22)19(16)9-21(3,4)13-25/h5-8,10H,9,11-13H2,1-4H3. The number of benzene rings is 1. The van der Waals surface area contributed by atoms with E-state index in [0.717, 1.165) is 48.1 Å². The topological polar surface area (TPSA) is 47.1 Å². The van der Waals surface area contributed by atoms with Crippen molar-refractivity contribution in [1.82, 2.24) is 19.7 Å². The van der Waals surface area contributed by atoms with Crippen LogP contribution in [0.1, 0.15) is 42.4 Å². The predicted octanol–water partition coefficient (Wildman–Crippen LogP) is 4.20.